The number of alkyl halides is 2. The highest BCUT2D eigenvalue weighted by molar-refractivity contribution is 5.91. The molecule has 8 heteroatoms. The number of rotatable bonds is 6. The summed E-state index contributed by atoms with van der Waals surface area (Å²) in [6.45, 7) is -0.513. The van der Waals surface area contributed by atoms with Crippen molar-refractivity contribution in [3.05, 3.63) is 23.5 Å². The molecule has 0 unspecified atom stereocenters. The number of nitrogens with one attached hydrogen (secondary N) is 2. The molecule has 1 aromatic carbocycles. The van der Waals surface area contributed by atoms with E-state index in [2.05, 4.69) is 15.4 Å². The molecular weight excluding hydrogens is 289 g/mol. The van der Waals surface area contributed by atoms with Gasteiger partial charge in [-0.2, -0.15) is 8.78 Å². The normalized spacial score (nSPS) is 10.4. The number of carbonyl (C=O) groups excluding carboxylic acids is 2. The van der Waals surface area contributed by atoms with Gasteiger partial charge in [0.05, 0.1) is 5.69 Å². The van der Waals surface area contributed by atoms with Crippen LogP contribution in [-0.4, -0.2) is 18.4 Å². The molecule has 0 aliphatic rings. The van der Waals surface area contributed by atoms with Crippen LogP contribution in [0.25, 0.3) is 0 Å². The Morgan fingerprint density at radius 2 is 2.00 bits per heavy atom. The molecule has 0 aromatic heterocycles. The van der Waals surface area contributed by atoms with Crippen LogP contribution in [0, 0.1) is 5.82 Å². The molecule has 0 atom stereocenters. The summed E-state index contributed by atoms with van der Waals surface area (Å²) in [6, 6.07) is 2.20. The van der Waals surface area contributed by atoms with Crippen molar-refractivity contribution in [3.8, 4) is 5.75 Å². The van der Waals surface area contributed by atoms with E-state index >= 15 is 0 Å². The van der Waals surface area contributed by atoms with Crippen molar-refractivity contribution < 1.29 is 27.5 Å². The van der Waals surface area contributed by atoms with Gasteiger partial charge in [0.25, 0.3) is 0 Å². The maximum Gasteiger partial charge on any atom is 0.387 e. The third kappa shape index (κ3) is 4.97. The van der Waals surface area contributed by atoms with Crippen LogP contribution >= 0.6 is 0 Å². The maximum absolute atomic E-state index is 13.6. The third-order valence-electron chi connectivity index (χ3n) is 2.50. The van der Waals surface area contributed by atoms with E-state index in [9.17, 15) is 22.8 Å². The number of carbonyl (C=O) groups is 2. The summed E-state index contributed by atoms with van der Waals surface area (Å²) in [7, 11) is 0. The van der Waals surface area contributed by atoms with Crippen LogP contribution in [0.5, 0.6) is 5.75 Å². The minimum absolute atomic E-state index is 0.0534. The van der Waals surface area contributed by atoms with Crippen LogP contribution in [-0.2, 0) is 16.1 Å². The highest BCUT2D eigenvalue weighted by Gasteiger charge is 2.19. The highest BCUT2D eigenvalue weighted by atomic mass is 19.3. The molecule has 1 aromatic rings. The molecule has 116 valence electrons. The molecule has 0 spiro atoms. The van der Waals surface area contributed by atoms with E-state index in [1.165, 1.54) is 6.07 Å². The highest BCUT2D eigenvalue weighted by Crippen LogP contribution is 2.33. The zero-order valence-corrected chi connectivity index (χ0v) is 11.5. The maximum atomic E-state index is 13.6. The van der Waals surface area contributed by atoms with Gasteiger partial charge in [-0.3, -0.25) is 9.59 Å². The molecule has 5 nitrogen and oxygen atoms in total. The Kier molecular flexibility index (Phi) is 6.01. The zero-order valence-electron chi connectivity index (χ0n) is 11.5. The molecule has 0 aliphatic carbocycles. The predicted octanol–water partition coefficient (Wildman–Crippen LogP) is 2.41. The molecule has 0 fully saturated rings. The summed E-state index contributed by atoms with van der Waals surface area (Å²) in [6.07, 6.45) is 0.233. The Bertz CT molecular complexity index is 536. The van der Waals surface area contributed by atoms with Gasteiger partial charge in [-0.15, -0.1) is 0 Å². The summed E-state index contributed by atoms with van der Waals surface area (Å²) >= 11 is 0. The van der Waals surface area contributed by atoms with Gasteiger partial charge in [0.15, 0.2) is 11.6 Å². The quantitative estimate of drug-likeness (QED) is 0.848. The molecule has 2 N–H and O–H groups in total. The molecule has 21 heavy (non-hydrogen) atoms. The van der Waals surface area contributed by atoms with Gasteiger partial charge in [0.1, 0.15) is 0 Å². The van der Waals surface area contributed by atoms with Gasteiger partial charge < -0.3 is 15.4 Å². The third-order valence-corrected chi connectivity index (χ3v) is 2.50. The number of ether oxygens (including phenoxy) is 1. The van der Waals surface area contributed by atoms with E-state index in [1.54, 1.807) is 6.92 Å². The van der Waals surface area contributed by atoms with E-state index in [0.29, 0.717) is 0 Å². The molecule has 1 rings (SSSR count). The first kappa shape index (κ1) is 16.8. The second kappa shape index (κ2) is 7.51. The molecule has 0 aliphatic heterocycles. The van der Waals surface area contributed by atoms with Crippen molar-refractivity contribution in [2.24, 2.45) is 0 Å². The Morgan fingerprint density at radius 1 is 1.33 bits per heavy atom. The van der Waals surface area contributed by atoms with Gasteiger partial charge >= 0.3 is 6.61 Å². The van der Waals surface area contributed by atoms with Crippen LogP contribution in [0.3, 0.4) is 0 Å². The first-order valence-electron chi connectivity index (χ1n) is 6.15. The van der Waals surface area contributed by atoms with E-state index < -0.39 is 24.1 Å². The molecule has 2 amide bonds. The molecule has 0 saturated heterocycles. The molecule has 0 saturated carbocycles. The second-order valence-electron chi connectivity index (χ2n) is 4.10. The molecule has 0 bridgehead atoms. The van der Waals surface area contributed by atoms with Crippen LogP contribution in [0.15, 0.2) is 12.1 Å². The van der Waals surface area contributed by atoms with Gasteiger partial charge in [0, 0.05) is 19.9 Å². The number of halogens is 3. The number of hydrogen-bond donors (Lipinski definition) is 2. The van der Waals surface area contributed by atoms with Crippen molar-refractivity contribution >= 4 is 17.5 Å². The Labute approximate surface area is 119 Å². The lowest BCUT2D eigenvalue weighted by atomic mass is 10.1. The topological polar surface area (TPSA) is 67.4 Å². The van der Waals surface area contributed by atoms with Gasteiger partial charge in [0.2, 0.25) is 11.8 Å². The van der Waals surface area contributed by atoms with Gasteiger partial charge in [-0.25, -0.2) is 4.39 Å². The SMILES string of the molecule is CCC(=O)NCc1ccc(F)c(OC(F)F)c1NC(C)=O. The smallest absolute Gasteiger partial charge is 0.387 e. The fraction of sp³-hybridized carbons (Fsp3) is 0.385. The minimum atomic E-state index is -3.24. The summed E-state index contributed by atoms with van der Waals surface area (Å²) in [5, 5.41) is 4.75. The van der Waals surface area contributed by atoms with Crippen molar-refractivity contribution in [2.45, 2.75) is 33.4 Å². The standard InChI is InChI=1S/C13H15F3N2O3/c1-3-10(20)17-6-8-4-5-9(14)12(21-13(15)16)11(8)18-7(2)19/h4-5,13H,3,6H2,1-2H3,(H,17,20)(H,18,19). The van der Waals surface area contributed by atoms with E-state index in [0.717, 1.165) is 13.0 Å². The largest absolute Gasteiger partial charge is 0.429 e. The summed E-state index contributed by atoms with van der Waals surface area (Å²) in [5.74, 6) is -2.65. The summed E-state index contributed by atoms with van der Waals surface area (Å²) in [4.78, 5) is 22.4. The van der Waals surface area contributed by atoms with E-state index in [-0.39, 0.29) is 30.1 Å². The zero-order chi connectivity index (χ0) is 16.0. The fourth-order valence-corrected chi connectivity index (χ4v) is 1.58. The van der Waals surface area contributed by atoms with Crippen molar-refractivity contribution in [3.63, 3.8) is 0 Å². The second-order valence-corrected chi connectivity index (χ2v) is 4.10. The lowest BCUT2D eigenvalue weighted by Gasteiger charge is -2.16. The number of anilines is 1. The van der Waals surface area contributed by atoms with Gasteiger partial charge in [-0.1, -0.05) is 13.0 Å². The molecule has 0 radical (unpaired) electrons. The minimum Gasteiger partial charge on any atom is -0.429 e. The monoisotopic (exact) mass is 304 g/mol. The van der Waals surface area contributed by atoms with Crippen LogP contribution in [0.1, 0.15) is 25.8 Å². The van der Waals surface area contributed by atoms with Crippen molar-refractivity contribution in [1.29, 1.82) is 0 Å². The average Bonchev–Trinajstić information content (AvgIpc) is 2.40. The first-order valence-corrected chi connectivity index (χ1v) is 6.15. The Balaban J connectivity index is 3.15. The van der Waals surface area contributed by atoms with Crippen molar-refractivity contribution in [1.82, 2.24) is 5.32 Å². The van der Waals surface area contributed by atoms with E-state index in [1.807, 2.05) is 0 Å². The molecular formula is C13H15F3N2O3. The Morgan fingerprint density at radius 3 is 2.52 bits per heavy atom. The Hall–Kier alpha value is -2.25. The van der Waals surface area contributed by atoms with Crippen molar-refractivity contribution in [2.75, 3.05) is 5.32 Å². The number of amides is 2. The van der Waals surface area contributed by atoms with Gasteiger partial charge in [-0.05, 0) is 11.6 Å². The first-order chi connectivity index (χ1) is 9.85. The number of benzene rings is 1. The van der Waals surface area contributed by atoms with Crippen LogP contribution in [0.2, 0.25) is 0 Å². The predicted molar refractivity (Wildman–Crippen MR) is 69.5 cm³/mol. The lowest BCUT2D eigenvalue weighted by molar-refractivity contribution is -0.121. The molecule has 0 heterocycles. The number of hydrogen-bond acceptors (Lipinski definition) is 3. The summed E-state index contributed by atoms with van der Waals surface area (Å²) in [5.41, 5.74) is 0.0308. The fourth-order valence-electron chi connectivity index (χ4n) is 1.58. The van der Waals surface area contributed by atoms with Crippen LogP contribution < -0.4 is 15.4 Å². The lowest BCUT2D eigenvalue weighted by Crippen LogP contribution is -2.23. The average molecular weight is 304 g/mol. The van der Waals surface area contributed by atoms with Crippen LogP contribution in [0.4, 0.5) is 18.9 Å². The summed E-state index contributed by atoms with van der Waals surface area (Å²) < 4.78 is 42.4. The van der Waals surface area contributed by atoms with E-state index in [4.69, 9.17) is 0 Å².